The van der Waals surface area contributed by atoms with Crippen molar-refractivity contribution in [1.82, 2.24) is 19.9 Å². The number of benzene rings is 1. The Kier molecular flexibility index (Phi) is 5.49. The summed E-state index contributed by atoms with van der Waals surface area (Å²) in [5.41, 5.74) is 2.57. The molecule has 1 aliphatic heterocycles. The van der Waals surface area contributed by atoms with Crippen LogP contribution in [-0.2, 0) is 0 Å². The number of nitrogens with one attached hydrogen (secondary N) is 2. The molecule has 5 rings (SSSR count). The third-order valence-electron chi connectivity index (χ3n) is 5.49. The average molecular weight is 446 g/mol. The molecule has 1 amide bonds. The van der Waals surface area contributed by atoms with Crippen molar-refractivity contribution in [1.29, 1.82) is 0 Å². The number of anilines is 2. The second-order valence-electron chi connectivity index (χ2n) is 7.50. The van der Waals surface area contributed by atoms with Gasteiger partial charge in [0.25, 0.3) is 5.91 Å². The minimum absolute atomic E-state index is 0.164. The van der Waals surface area contributed by atoms with Crippen molar-refractivity contribution < 1.29 is 13.9 Å². The van der Waals surface area contributed by atoms with Crippen LogP contribution in [0, 0.1) is 0 Å². The van der Waals surface area contributed by atoms with E-state index in [1.807, 2.05) is 6.07 Å². The Balaban J connectivity index is 1.45. The fraction of sp³-hybridized carbons (Fsp3) is 0.217. The van der Waals surface area contributed by atoms with Gasteiger partial charge >= 0.3 is 5.76 Å². The molecule has 0 aliphatic carbocycles. The molecule has 0 radical (unpaired) electrons. The molecule has 1 aromatic carbocycles. The molecule has 10 heteroatoms. The van der Waals surface area contributed by atoms with Crippen LogP contribution in [0.25, 0.3) is 16.9 Å². The van der Waals surface area contributed by atoms with Crippen molar-refractivity contribution in [2.45, 2.75) is 0 Å². The van der Waals surface area contributed by atoms with Crippen LogP contribution < -0.4 is 26.0 Å². The lowest BCUT2D eigenvalue weighted by atomic mass is 10.2. The van der Waals surface area contributed by atoms with E-state index in [0.29, 0.717) is 22.5 Å². The largest absolute Gasteiger partial charge is 0.497 e. The highest BCUT2D eigenvalue weighted by Crippen LogP contribution is 2.26. The first kappa shape index (κ1) is 20.7. The van der Waals surface area contributed by atoms with Crippen LogP contribution in [0.3, 0.4) is 0 Å². The number of pyridine rings is 2. The molecule has 10 nitrogen and oxygen atoms in total. The summed E-state index contributed by atoms with van der Waals surface area (Å²) in [6, 6.07) is 11.9. The fourth-order valence-electron chi connectivity index (χ4n) is 3.87. The summed E-state index contributed by atoms with van der Waals surface area (Å²) in [5, 5.41) is 6.23. The van der Waals surface area contributed by atoms with E-state index in [2.05, 4.69) is 25.5 Å². The highest BCUT2D eigenvalue weighted by atomic mass is 16.5. The molecule has 1 saturated heterocycles. The number of oxazole rings is 1. The third kappa shape index (κ3) is 4.03. The summed E-state index contributed by atoms with van der Waals surface area (Å²) in [7, 11) is 1.54. The highest BCUT2D eigenvalue weighted by molar-refractivity contribution is 6.04. The second kappa shape index (κ2) is 8.75. The Morgan fingerprint density at radius 3 is 2.85 bits per heavy atom. The van der Waals surface area contributed by atoms with Crippen molar-refractivity contribution in [2.75, 3.05) is 43.5 Å². The number of carbonyl (C=O) groups is 1. The van der Waals surface area contributed by atoms with E-state index < -0.39 is 11.7 Å². The second-order valence-corrected chi connectivity index (χ2v) is 7.50. The smallest absolute Gasteiger partial charge is 0.425 e. The fourth-order valence-corrected chi connectivity index (χ4v) is 3.87. The minimum atomic E-state index is -0.600. The van der Waals surface area contributed by atoms with Crippen molar-refractivity contribution in [3.8, 4) is 11.6 Å². The molecular weight excluding hydrogens is 424 g/mol. The number of ether oxygens (including phenoxy) is 1. The highest BCUT2D eigenvalue weighted by Gasteiger charge is 2.18. The number of amides is 1. The van der Waals surface area contributed by atoms with E-state index in [4.69, 9.17) is 9.15 Å². The first-order valence-electron chi connectivity index (χ1n) is 10.5. The SMILES string of the molecule is COc1ccc2c(c1)oc(=O)n2-c1cccc(C(=O)Nc2cnccc2N2CCNCC2)n1. The van der Waals surface area contributed by atoms with Gasteiger partial charge in [-0.2, -0.15) is 0 Å². The average Bonchev–Trinajstić information content (AvgIpc) is 3.19. The third-order valence-corrected chi connectivity index (χ3v) is 5.49. The van der Waals surface area contributed by atoms with Crippen LogP contribution in [0.2, 0.25) is 0 Å². The number of methoxy groups -OCH3 is 1. The molecule has 1 fully saturated rings. The van der Waals surface area contributed by atoms with Gasteiger partial charge in [-0.25, -0.2) is 14.3 Å². The Hall–Kier alpha value is -4.18. The predicted molar refractivity (Wildman–Crippen MR) is 123 cm³/mol. The molecular formula is C23H22N6O4. The van der Waals surface area contributed by atoms with Crippen molar-refractivity contribution in [3.05, 3.63) is 71.1 Å². The van der Waals surface area contributed by atoms with Gasteiger partial charge in [0.05, 0.1) is 30.2 Å². The maximum Gasteiger partial charge on any atom is 0.425 e. The predicted octanol–water partition coefficient (Wildman–Crippen LogP) is 2.04. The van der Waals surface area contributed by atoms with Gasteiger partial charge in [-0.1, -0.05) is 6.07 Å². The van der Waals surface area contributed by atoms with E-state index in [1.165, 1.54) is 11.7 Å². The number of hydrogen-bond acceptors (Lipinski definition) is 8. The number of piperazine rings is 1. The molecule has 0 atom stereocenters. The zero-order valence-electron chi connectivity index (χ0n) is 17.9. The van der Waals surface area contributed by atoms with Crippen LogP contribution in [0.4, 0.5) is 11.4 Å². The van der Waals surface area contributed by atoms with Gasteiger partial charge in [-0.3, -0.25) is 9.78 Å². The molecule has 4 heterocycles. The van der Waals surface area contributed by atoms with Crippen molar-refractivity contribution in [3.63, 3.8) is 0 Å². The molecule has 3 aromatic heterocycles. The van der Waals surface area contributed by atoms with Gasteiger partial charge in [0.1, 0.15) is 17.3 Å². The van der Waals surface area contributed by atoms with Gasteiger partial charge in [-0.05, 0) is 30.3 Å². The maximum absolute atomic E-state index is 13.0. The summed E-state index contributed by atoms with van der Waals surface area (Å²) in [4.78, 5) is 36.3. The quantitative estimate of drug-likeness (QED) is 0.479. The topological polar surface area (TPSA) is 115 Å². The Morgan fingerprint density at radius 2 is 2.03 bits per heavy atom. The van der Waals surface area contributed by atoms with Gasteiger partial charge in [-0.15, -0.1) is 0 Å². The number of carbonyl (C=O) groups excluding carboxylic acids is 1. The van der Waals surface area contributed by atoms with E-state index in [1.54, 1.807) is 48.8 Å². The van der Waals surface area contributed by atoms with Gasteiger partial charge in [0.15, 0.2) is 5.58 Å². The number of fused-ring (bicyclic) bond motifs is 1. The van der Waals surface area contributed by atoms with E-state index in [0.717, 1.165) is 31.9 Å². The summed E-state index contributed by atoms with van der Waals surface area (Å²) >= 11 is 0. The molecule has 1 aliphatic rings. The van der Waals surface area contributed by atoms with Gasteiger partial charge in [0, 0.05) is 38.4 Å². The van der Waals surface area contributed by atoms with Gasteiger partial charge < -0.3 is 24.7 Å². The molecule has 0 bridgehead atoms. The standard InChI is InChI=1S/C23H22N6O4/c1-32-15-5-6-19-20(13-15)33-23(31)29(19)21-4-2-3-16(26-21)22(30)27-17-14-25-8-7-18(17)28-11-9-24-10-12-28/h2-8,13-14,24H,9-12H2,1H3,(H,27,30). The number of rotatable bonds is 5. The summed E-state index contributed by atoms with van der Waals surface area (Å²) in [5.74, 6) is -0.147. The lowest BCUT2D eigenvalue weighted by Crippen LogP contribution is -2.43. The minimum Gasteiger partial charge on any atom is -0.497 e. The summed E-state index contributed by atoms with van der Waals surface area (Å²) < 4.78 is 11.8. The van der Waals surface area contributed by atoms with Crippen LogP contribution in [0.1, 0.15) is 10.5 Å². The van der Waals surface area contributed by atoms with Crippen LogP contribution >= 0.6 is 0 Å². The lowest BCUT2D eigenvalue weighted by Gasteiger charge is -2.30. The molecule has 4 aromatic rings. The van der Waals surface area contributed by atoms with Crippen molar-refractivity contribution in [2.24, 2.45) is 0 Å². The molecule has 2 N–H and O–H groups in total. The zero-order valence-corrected chi connectivity index (χ0v) is 17.9. The normalized spacial score (nSPS) is 13.8. The number of nitrogens with zero attached hydrogens (tertiary/aromatic N) is 4. The van der Waals surface area contributed by atoms with Crippen molar-refractivity contribution >= 4 is 28.4 Å². The summed E-state index contributed by atoms with van der Waals surface area (Å²) in [6.07, 6.45) is 3.33. The molecule has 33 heavy (non-hydrogen) atoms. The van der Waals surface area contributed by atoms with E-state index in [-0.39, 0.29) is 11.5 Å². The Morgan fingerprint density at radius 1 is 1.18 bits per heavy atom. The summed E-state index contributed by atoms with van der Waals surface area (Å²) in [6.45, 7) is 3.42. The monoisotopic (exact) mass is 446 g/mol. The first-order valence-corrected chi connectivity index (χ1v) is 10.5. The zero-order chi connectivity index (χ0) is 22.8. The molecule has 0 saturated carbocycles. The van der Waals surface area contributed by atoms with Crippen LogP contribution in [-0.4, -0.2) is 53.7 Å². The first-order chi connectivity index (χ1) is 16.1. The van der Waals surface area contributed by atoms with Gasteiger partial charge in [0.2, 0.25) is 0 Å². The maximum atomic E-state index is 13.0. The molecule has 168 valence electrons. The van der Waals surface area contributed by atoms with Crippen LogP contribution in [0.5, 0.6) is 5.75 Å². The molecule has 0 spiro atoms. The van der Waals surface area contributed by atoms with E-state index in [9.17, 15) is 9.59 Å². The number of hydrogen-bond donors (Lipinski definition) is 2. The Labute approximate surface area is 188 Å². The number of aromatic nitrogens is 3. The molecule has 0 unspecified atom stereocenters. The Bertz CT molecular complexity index is 1370. The lowest BCUT2D eigenvalue weighted by molar-refractivity contribution is 0.102. The van der Waals surface area contributed by atoms with Crippen LogP contribution in [0.15, 0.2) is 64.1 Å². The van der Waals surface area contributed by atoms with E-state index >= 15 is 0 Å².